The Morgan fingerprint density at radius 3 is 2.21 bits per heavy atom. The van der Waals surface area contributed by atoms with Gasteiger partial charge in [-0.05, 0) is 35.9 Å². The summed E-state index contributed by atoms with van der Waals surface area (Å²) in [4.78, 5) is 27.8. The molecule has 0 bridgehead atoms. The van der Waals surface area contributed by atoms with E-state index in [0.29, 0.717) is 17.0 Å². The third kappa shape index (κ3) is 4.10. The number of para-hydroxylation sites is 1. The van der Waals surface area contributed by atoms with Crippen molar-refractivity contribution in [2.45, 2.75) is 6.04 Å². The van der Waals surface area contributed by atoms with Crippen LogP contribution in [0.4, 0.5) is 5.69 Å². The number of aliphatic hydroxyl groups excluding tert-OH is 1. The first-order valence-electron chi connectivity index (χ1n) is 9.90. The summed E-state index contributed by atoms with van der Waals surface area (Å²) in [7, 11) is 2.88. The molecule has 0 radical (unpaired) electrons. The number of benzene rings is 3. The number of ether oxygens (including phenoxy) is 2. The second-order valence-electron chi connectivity index (χ2n) is 7.24. The number of halogens is 2. The van der Waals surface area contributed by atoms with Crippen molar-refractivity contribution in [3.63, 3.8) is 0 Å². The number of ketones is 1. The number of carbonyl (C=O) groups is 2. The second kappa shape index (κ2) is 9.29. The van der Waals surface area contributed by atoms with Crippen LogP contribution in [0.5, 0.6) is 11.5 Å². The molecule has 1 fully saturated rings. The molecule has 3 aromatic carbocycles. The standard InChI is InChI=1S/C25H19BrClNO5/c1-32-19-13-20(33-2)18(27)12-17(19)23(29)21-22(14-8-10-15(26)11-9-14)28(25(31)24(21)30)16-6-4-3-5-7-16/h3-13,22,29H,1-2H3/b23-21+. The molecule has 4 rings (SSSR count). The van der Waals surface area contributed by atoms with Gasteiger partial charge in [0.1, 0.15) is 17.3 Å². The Bertz CT molecular complexity index is 1260. The van der Waals surface area contributed by atoms with E-state index in [-0.39, 0.29) is 27.7 Å². The van der Waals surface area contributed by atoms with Crippen molar-refractivity contribution in [1.82, 2.24) is 0 Å². The van der Waals surface area contributed by atoms with Crippen LogP contribution in [0.2, 0.25) is 5.02 Å². The predicted octanol–water partition coefficient (Wildman–Crippen LogP) is 5.75. The van der Waals surface area contributed by atoms with Gasteiger partial charge in [-0.2, -0.15) is 0 Å². The van der Waals surface area contributed by atoms with E-state index in [1.54, 1.807) is 36.4 Å². The molecule has 1 saturated heterocycles. The van der Waals surface area contributed by atoms with E-state index in [1.165, 1.54) is 31.3 Å². The lowest BCUT2D eigenvalue weighted by molar-refractivity contribution is -0.132. The lowest BCUT2D eigenvalue weighted by atomic mass is 9.94. The number of rotatable bonds is 5. The minimum Gasteiger partial charge on any atom is -0.507 e. The zero-order chi connectivity index (χ0) is 23.7. The Kier molecular flexibility index (Phi) is 6.44. The summed E-state index contributed by atoms with van der Waals surface area (Å²) < 4.78 is 11.5. The van der Waals surface area contributed by atoms with Crippen LogP contribution in [0.3, 0.4) is 0 Å². The van der Waals surface area contributed by atoms with Crippen LogP contribution in [0.15, 0.2) is 76.8 Å². The molecular formula is C25H19BrClNO5. The highest BCUT2D eigenvalue weighted by Crippen LogP contribution is 2.44. The predicted molar refractivity (Wildman–Crippen MR) is 130 cm³/mol. The Balaban J connectivity index is 1.98. The summed E-state index contributed by atoms with van der Waals surface area (Å²) >= 11 is 9.69. The van der Waals surface area contributed by atoms with Crippen LogP contribution < -0.4 is 14.4 Å². The van der Waals surface area contributed by atoms with Gasteiger partial charge in [-0.15, -0.1) is 0 Å². The number of anilines is 1. The van der Waals surface area contributed by atoms with Crippen molar-refractivity contribution in [3.8, 4) is 11.5 Å². The maximum atomic E-state index is 13.2. The van der Waals surface area contributed by atoms with E-state index >= 15 is 0 Å². The zero-order valence-corrected chi connectivity index (χ0v) is 20.1. The molecule has 6 nitrogen and oxygen atoms in total. The van der Waals surface area contributed by atoms with Crippen molar-refractivity contribution in [3.05, 3.63) is 92.9 Å². The molecule has 33 heavy (non-hydrogen) atoms. The first-order chi connectivity index (χ1) is 15.9. The third-order valence-corrected chi connectivity index (χ3v) is 6.22. The fourth-order valence-electron chi connectivity index (χ4n) is 3.84. The fraction of sp³-hybridized carbons (Fsp3) is 0.120. The number of methoxy groups -OCH3 is 2. The minimum absolute atomic E-state index is 0.0642. The fourth-order valence-corrected chi connectivity index (χ4v) is 4.34. The Labute approximate surface area is 204 Å². The first-order valence-corrected chi connectivity index (χ1v) is 11.1. The van der Waals surface area contributed by atoms with Crippen molar-refractivity contribution in [2.24, 2.45) is 0 Å². The molecule has 1 aliphatic heterocycles. The maximum Gasteiger partial charge on any atom is 0.300 e. The molecule has 1 atom stereocenters. The highest BCUT2D eigenvalue weighted by molar-refractivity contribution is 9.10. The highest BCUT2D eigenvalue weighted by atomic mass is 79.9. The molecular weight excluding hydrogens is 510 g/mol. The second-order valence-corrected chi connectivity index (χ2v) is 8.57. The molecule has 0 saturated carbocycles. The molecule has 1 unspecified atom stereocenters. The smallest absolute Gasteiger partial charge is 0.300 e. The molecule has 0 aromatic heterocycles. The van der Waals surface area contributed by atoms with Crippen molar-refractivity contribution >= 4 is 50.7 Å². The van der Waals surface area contributed by atoms with Gasteiger partial charge in [0.2, 0.25) is 0 Å². The molecule has 1 heterocycles. The number of hydrogen-bond donors (Lipinski definition) is 1. The summed E-state index contributed by atoms with van der Waals surface area (Å²) in [5.41, 5.74) is 1.30. The van der Waals surface area contributed by atoms with E-state index in [1.807, 2.05) is 18.2 Å². The summed E-state index contributed by atoms with van der Waals surface area (Å²) in [5, 5.41) is 11.6. The lowest BCUT2D eigenvalue weighted by Gasteiger charge is -2.25. The van der Waals surface area contributed by atoms with Crippen molar-refractivity contribution in [2.75, 3.05) is 19.1 Å². The summed E-state index contributed by atoms with van der Waals surface area (Å²) in [6.07, 6.45) is 0. The van der Waals surface area contributed by atoms with Crippen LogP contribution in [0.25, 0.3) is 5.76 Å². The third-order valence-electron chi connectivity index (χ3n) is 5.39. The largest absolute Gasteiger partial charge is 0.507 e. The zero-order valence-electron chi connectivity index (χ0n) is 17.7. The summed E-state index contributed by atoms with van der Waals surface area (Å²) in [5.74, 6) is -1.35. The summed E-state index contributed by atoms with van der Waals surface area (Å²) in [6, 6.07) is 18.2. The number of amides is 1. The van der Waals surface area contributed by atoms with E-state index in [9.17, 15) is 14.7 Å². The van der Waals surface area contributed by atoms with E-state index in [4.69, 9.17) is 21.1 Å². The lowest BCUT2D eigenvalue weighted by Crippen LogP contribution is -2.29. The van der Waals surface area contributed by atoms with Gasteiger partial charge in [-0.25, -0.2) is 0 Å². The van der Waals surface area contributed by atoms with Gasteiger partial charge >= 0.3 is 0 Å². The van der Waals surface area contributed by atoms with Crippen LogP contribution in [-0.4, -0.2) is 31.0 Å². The Hall–Kier alpha value is -3.29. The molecule has 3 aromatic rings. The van der Waals surface area contributed by atoms with Crippen molar-refractivity contribution < 1.29 is 24.2 Å². The molecule has 0 spiro atoms. The van der Waals surface area contributed by atoms with Gasteiger partial charge in [0.15, 0.2) is 0 Å². The molecule has 0 aliphatic carbocycles. The van der Waals surface area contributed by atoms with Crippen LogP contribution >= 0.6 is 27.5 Å². The van der Waals surface area contributed by atoms with Crippen LogP contribution in [0.1, 0.15) is 17.2 Å². The van der Waals surface area contributed by atoms with Crippen LogP contribution in [0, 0.1) is 0 Å². The maximum absolute atomic E-state index is 13.2. The Morgan fingerprint density at radius 2 is 1.61 bits per heavy atom. The topological polar surface area (TPSA) is 76.1 Å². The average molecular weight is 529 g/mol. The highest BCUT2D eigenvalue weighted by Gasteiger charge is 2.47. The summed E-state index contributed by atoms with van der Waals surface area (Å²) in [6.45, 7) is 0. The number of hydrogen-bond acceptors (Lipinski definition) is 5. The first kappa shape index (κ1) is 22.9. The number of Topliss-reactive ketones (excluding diaryl/α,β-unsaturated/α-hetero) is 1. The van der Waals surface area contributed by atoms with E-state index < -0.39 is 17.7 Å². The van der Waals surface area contributed by atoms with Crippen molar-refractivity contribution in [1.29, 1.82) is 0 Å². The molecule has 168 valence electrons. The van der Waals surface area contributed by atoms with E-state index in [0.717, 1.165) is 4.47 Å². The van der Waals surface area contributed by atoms with Gasteiger partial charge in [0.25, 0.3) is 11.7 Å². The normalized spacial score (nSPS) is 17.3. The van der Waals surface area contributed by atoms with Gasteiger partial charge in [-0.1, -0.05) is 57.9 Å². The minimum atomic E-state index is -0.855. The average Bonchev–Trinajstić information content (AvgIpc) is 3.10. The van der Waals surface area contributed by atoms with Gasteiger partial charge in [-0.3, -0.25) is 14.5 Å². The number of nitrogens with zero attached hydrogens (tertiary/aromatic N) is 1. The quantitative estimate of drug-likeness (QED) is 0.259. The molecule has 1 amide bonds. The van der Waals surface area contributed by atoms with E-state index in [2.05, 4.69) is 15.9 Å². The molecule has 1 aliphatic rings. The number of aliphatic hydroxyl groups is 1. The van der Waals surface area contributed by atoms with Crippen LogP contribution in [-0.2, 0) is 9.59 Å². The Morgan fingerprint density at radius 1 is 0.970 bits per heavy atom. The molecule has 1 N–H and O–H groups in total. The SMILES string of the molecule is COc1cc(OC)c(/C(O)=C2\C(=O)C(=O)N(c3ccccc3)C2c2ccc(Br)cc2)cc1Cl. The van der Waals surface area contributed by atoms with Gasteiger partial charge in [0.05, 0.1) is 36.4 Å². The van der Waals surface area contributed by atoms with Gasteiger partial charge in [0, 0.05) is 16.2 Å². The monoisotopic (exact) mass is 527 g/mol. The van der Waals surface area contributed by atoms with Gasteiger partial charge < -0.3 is 14.6 Å². The molecule has 8 heteroatoms. The number of carbonyl (C=O) groups excluding carboxylic acids is 2.